The number of carbonyl (C=O) groups excluding carboxylic acids is 1. The molecule has 0 saturated heterocycles. The Hall–Kier alpha value is -1.62. The number of thiophene rings is 1. The zero-order valence-corrected chi connectivity index (χ0v) is 8.88. The Morgan fingerprint density at radius 3 is 3.20 bits per heavy atom. The van der Waals surface area contributed by atoms with Gasteiger partial charge in [0.2, 0.25) is 5.91 Å². The van der Waals surface area contributed by atoms with Gasteiger partial charge in [0.1, 0.15) is 5.82 Å². The summed E-state index contributed by atoms with van der Waals surface area (Å²) in [6.07, 6.45) is 2.08. The topological polar surface area (TPSA) is 68.0 Å². The zero-order valence-electron chi connectivity index (χ0n) is 8.06. The monoisotopic (exact) mass is 221 g/mol. The first-order chi connectivity index (χ1) is 7.27. The Bertz CT molecular complexity index is 480. The lowest BCUT2D eigenvalue weighted by molar-refractivity contribution is -0.117. The van der Waals surface area contributed by atoms with Gasteiger partial charge < -0.3 is 11.1 Å². The summed E-state index contributed by atoms with van der Waals surface area (Å²) < 4.78 is 1.19. The van der Waals surface area contributed by atoms with E-state index in [2.05, 4.69) is 10.3 Å². The molecule has 0 bridgehead atoms. The minimum absolute atomic E-state index is 0.306. The second-order valence-electron chi connectivity index (χ2n) is 3.14. The fourth-order valence-corrected chi connectivity index (χ4v) is 2.12. The first-order valence-corrected chi connectivity index (χ1v) is 5.50. The number of hydrogen-bond acceptors (Lipinski definition) is 4. The van der Waals surface area contributed by atoms with Crippen LogP contribution in [0, 0.1) is 0 Å². The number of anilines is 1. The van der Waals surface area contributed by atoms with E-state index >= 15 is 0 Å². The molecule has 0 aliphatic heterocycles. The Morgan fingerprint density at radius 1 is 1.53 bits per heavy atom. The van der Waals surface area contributed by atoms with Gasteiger partial charge in [-0.2, -0.15) is 0 Å². The van der Waals surface area contributed by atoms with E-state index < -0.39 is 0 Å². The van der Waals surface area contributed by atoms with Crippen molar-refractivity contribution in [3.05, 3.63) is 23.7 Å². The van der Waals surface area contributed by atoms with Gasteiger partial charge in [-0.3, -0.25) is 4.79 Å². The molecule has 0 saturated carbocycles. The Kier molecular flexibility index (Phi) is 2.82. The van der Waals surface area contributed by atoms with E-state index in [1.54, 1.807) is 17.5 Å². The lowest BCUT2D eigenvalue weighted by Gasteiger charge is -2.04. The number of primary amides is 1. The largest absolute Gasteiger partial charge is 0.370 e. The summed E-state index contributed by atoms with van der Waals surface area (Å²) in [5.41, 5.74) is 5.05. The van der Waals surface area contributed by atoms with E-state index in [0.29, 0.717) is 13.0 Å². The number of fused-ring (bicyclic) bond motifs is 1. The summed E-state index contributed by atoms with van der Waals surface area (Å²) in [5, 5.41) is 6.21. The number of nitrogens with two attached hydrogens (primary N) is 1. The van der Waals surface area contributed by atoms with Gasteiger partial charge in [-0.25, -0.2) is 4.98 Å². The predicted octanol–water partition coefficient (Wildman–Crippen LogP) is 1.58. The van der Waals surface area contributed by atoms with Crippen LogP contribution in [-0.2, 0) is 4.79 Å². The Morgan fingerprint density at radius 2 is 2.40 bits per heavy atom. The molecular weight excluding hydrogens is 210 g/mol. The molecule has 78 valence electrons. The van der Waals surface area contributed by atoms with Crippen LogP contribution in [0.15, 0.2) is 23.7 Å². The van der Waals surface area contributed by atoms with Crippen molar-refractivity contribution in [3.8, 4) is 0 Å². The first kappa shape index (κ1) is 9.92. The SMILES string of the molecule is NC(=O)CCNc1nccc2sccc12. The van der Waals surface area contributed by atoms with Crippen LogP contribution < -0.4 is 11.1 Å². The number of nitrogens with one attached hydrogen (secondary N) is 1. The third-order valence-electron chi connectivity index (χ3n) is 2.04. The van der Waals surface area contributed by atoms with Gasteiger partial charge in [-0.05, 0) is 17.5 Å². The lowest BCUT2D eigenvalue weighted by Crippen LogP contribution is -2.16. The molecular formula is C10H11N3OS. The highest BCUT2D eigenvalue weighted by atomic mass is 32.1. The van der Waals surface area contributed by atoms with E-state index in [9.17, 15) is 4.79 Å². The normalized spacial score (nSPS) is 10.4. The van der Waals surface area contributed by atoms with Gasteiger partial charge in [0, 0.05) is 29.2 Å². The average Bonchev–Trinajstić information content (AvgIpc) is 2.65. The van der Waals surface area contributed by atoms with Crippen molar-refractivity contribution in [1.29, 1.82) is 0 Å². The number of rotatable bonds is 4. The summed E-state index contributed by atoms with van der Waals surface area (Å²) in [6.45, 7) is 0.525. The van der Waals surface area contributed by atoms with Crippen molar-refractivity contribution in [1.82, 2.24) is 4.98 Å². The highest BCUT2D eigenvalue weighted by Gasteiger charge is 2.02. The lowest BCUT2D eigenvalue weighted by atomic mass is 10.3. The summed E-state index contributed by atoms with van der Waals surface area (Å²) >= 11 is 1.67. The highest BCUT2D eigenvalue weighted by Crippen LogP contribution is 2.25. The molecule has 2 heterocycles. The van der Waals surface area contributed by atoms with E-state index in [-0.39, 0.29) is 5.91 Å². The number of pyridine rings is 1. The van der Waals surface area contributed by atoms with Crippen LogP contribution in [-0.4, -0.2) is 17.4 Å². The van der Waals surface area contributed by atoms with Crippen LogP contribution in [0.4, 0.5) is 5.82 Å². The number of amides is 1. The predicted molar refractivity (Wildman–Crippen MR) is 61.9 cm³/mol. The second kappa shape index (κ2) is 4.27. The molecule has 4 nitrogen and oxygen atoms in total. The van der Waals surface area contributed by atoms with Crippen LogP contribution in [0.1, 0.15) is 6.42 Å². The quantitative estimate of drug-likeness (QED) is 0.823. The van der Waals surface area contributed by atoms with Crippen LogP contribution in [0.5, 0.6) is 0 Å². The summed E-state index contributed by atoms with van der Waals surface area (Å²) in [7, 11) is 0. The summed E-state index contributed by atoms with van der Waals surface area (Å²) in [6, 6.07) is 3.98. The molecule has 0 atom stereocenters. The fourth-order valence-electron chi connectivity index (χ4n) is 1.34. The van der Waals surface area contributed by atoms with Gasteiger partial charge >= 0.3 is 0 Å². The molecule has 2 aromatic rings. The molecule has 0 aliphatic rings. The van der Waals surface area contributed by atoms with Crippen LogP contribution in [0.2, 0.25) is 0 Å². The smallest absolute Gasteiger partial charge is 0.219 e. The maximum Gasteiger partial charge on any atom is 0.219 e. The van der Waals surface area contributed by atoms with Gasteiger partial charge in [0.05, 0.1) is 0 Å². The molecule has 0 fully saturated rings. The Balaban J connectivity index is 2.13. The minimum atomic E-state index is -0.306. The van der Waals surface area contributed by atoms with E-state index in [4.69, 9.17) is 5.73 Å². The minimum Gasteiger partial charge on any atom is -0.370 e. The molecule has 5 heteroatoms. The molecule has 0 spiro atoms. The van der Waals surface area contributed by atoms with Gasteiger partial charge in [-0.1, -0.05) is 0 Å². The molecule has 0 aliphatic carbocycles. The number of nitrogens with zero attached hydrogens (tertiary/aromatic N) is 1. The molecule has 0 aromatic carbocycles. The van der Waals surface area contributed by atoms with Gasteiger partial charge in [-0.15, -0.1) is 11.3 Å². The fraction of sp³-hybridized carbons (Fsp3) is 0.200. The molecule has 3 N–H and O–H groups in total. The highest BCUT2D eigenvalue weighted by molar-refractivity contribution is 7.17. The van der Waals surface area contributed by atoms with Crippen LogP contribution in [0.25, 0.3) is 10.1 Å². The standard InChI is InChI=1S/C10H11N3OS/c11-9(14)2-5-13-10-7-3-6-15-8(7)1-4-12-10/h1,3-4,6H,2,5H2,(H2,11,14)(H,12,13). The van der Waals surface area contributed by atoms with E-state index in [1.807, 2.05) is 17.5 Å². The number of hydrogen-bond donors (Lipinski definition) is 2. The van der Waals surface area contributed by atoms with Crippen LogP contribution >= 0.6 is 11.3 Å². The molecule has 2 rings (SSSR count). The summed E-state index contributed by atoms with van der Waals surface area (Å²) in [5.74, 6) is 0.509. The molecule has 1 amide bonds. The van der Waals surface area contributed by atoms with Crippen molar-refractivity contribution in [2.24, 2.45) is 5.73 Å². The maximum atomic E-state index is 10.6. The van der Waals surface area contributed by atoms with Crippen molar-refractivity contribution in [2.75, 3.05) is 11.9 Å². The van der Waals surface area contributed by atoms with Crippen LogP contribution in [0.3, 0.4) is 0 Å². The van der Waals surface area contributed by atoms with E-state index in [0.717, 1.165) is 11.2 Å². The number of carbonyl (C=O) groups is 1. The molecule has 0 unspecified atom stereocenters. The summed E-state index contributed by atoms with van der Waals surface area (Å²) in [4.78, 5) is 14.8. The average molecular weight is 221 g/mol. The molecule has 15 heavy (non-hydrogen) atoms. The van der Waals surface area contributed by atoms with Crippen molar-refractivity contribution in [3.63, 3.8) is 0 Å². The molecule has 2 aromatic heterocycles. The van der Waals surface area contributed by atoms with E-state index in [1.165, 1.54) is 4.70 Å². The Labute approximate surface area is 91.1 Å². The third-order valence-corrected chi connectivity index (χ3v) is 2.93. The third kappa shape index (κ3) is 2.24. The number of aromatic nitrogens is 1. The van der Waals surface area contributed by atoms with Gasteiger partial charge in [0.15, 0.2) is 0 Å². The van der Waals surface area contributed by atoms with Crippen molar-refractivity contribution >= 4 is 33.1 Å². The first-order valence-electron chi connectivity index (χ1n) is 4.62. The second-order valence-corrected chi connectivity index (χ2v) is 4.08. The molecule has 0 radical (unpaired) electrons. The maximum absolute atomic E-state index is 10.6. The van der Waals surface area contributed by atoms with Crippen molar-refractivity contribution in [2.45, 2.75) is 6.42 Å². The van der Waals surface area contributed by atoms with Crippen molar-refractivity contribution < 1.29 is 4.79 Å². The zero-order chi connectivity index (χ0) is 10.7. The van der Waals surface area contributed by atoms with Gasteiger partial charge in [0.25, 0.3) is 0 Å².